The van der Waals surface area contributed by atoms with E-state index in [9.17, 15) is 0 Å². The molecule has 0 aliphatic heterocycles. The SMILES string of the molecule is CNC(Cc1ccsc1)Cc1c(Cl)cccc1Cl. The summed E-state index contributed by atoms with van der Waals surface area (Å²) in [5, 5.41) is 9.10. The van der Waals surface area contributed by atoms with Crippen LogP contribution < -0.4 is 5.32 Å². The maximum Gasteiger partial charge on any atom is 0.0453 e. The second-order valence-electron chi connectivity index (χ2n) is 4.23. The second kappa shape index (κ2) is 6.58. The molecule has 2 rings (SSSR count). The number of benzene rings is 1. The van der Waals surface area contributed by atoms with Crippen LogP contribution in [-0.2, 0) is 12.8 Å². The average molecular weight is 300 g/mol. The topological polar surface area (TPSA) is 12.0 Å². The highest BCUT2D eigenvalue weighted by Crippen LogP contribution is 2.26. The lowest BCUT2D eigenvalue weighted by Gasteiger charge is -2.17. The Morgan fingerprint density at radius 2 is 1.89 bits per heavy atom. The molecule has 1 aromatic carbocycles. The molecule has 1 aromatic heterocycles. The molecule has 2 aromatic rings. The minimum Gasteiger partial charge on any atom is -0.316 e. The molecule has 18 heavy (non-hydrogen) atoms. The summed E-state index contributed by atoms with van der Waals surface area (Å²) >= 11 is 14.1. The summed E-state index contributed by atoms with van der Waals surface area (Å²) in [6.45, 7) is 0. The van der Waals surface area contributed by atoms with Crippen molar-refractivity contribution in [2.75, 3.05) is 7.05 Å². The molecular formula is C14H15Cl2NS. The summed E-state index contributed by atoms with van der Waals surface area (Å²) < 4.78 is 0. The zero-order chi connectivity index (χ0) is 13.0. The fourth-order valence-electron chi connectivity index (χ4n) is 1.94. The summed E-state index contributed by atoms with van der Waals surface area (Å²) in [4.78, 5) is 0. The molecule has 1 nitrogen and oxygen atoms in total. The van der Waals surface area contributed by atoms with Crippen LogP contribution >= 0.6 is 34.5 Å². The highest BCUT2D eigenvalue weighted by Gasteiger charge is 2.13. The van der Waals surface area contributed by atoms with E-state index in [1.54, 1.807) is 11.3 Å². The molecule has 0 aliphatic rings. The van der Waals surface area contributed by atoms with Crippen molar-refractivity contribution in [1.29, 1.82) is 0 Å². The van der Waals surface area contributed by atoms with Crippen molar-refractivity contribution in [2.45, 2.75) is 18.9 Å². The Bertz CT molecular complexity index is 476. The summed E-state index contributed by atoms with van der Waals surface area (Å²) in [6.07, 6.45) is 1.83. The maximum atomic E-state index is 6.20. The molecule has 0 saturated carbocycles. The normalized spacial score (nSPS) is 12.6. The van der Waals surface area contributed by atoms with Gasteiger partial charge in [0.15, 0.2) is 0 Å². The van der Waals surface area contributed by atoms with Crippen LogP contribution in [0.3, 0.4) is 0 Å². The van der Waals surface area contributed by atoms with Crippen molar-refractivity contribution in [3.63, 3.8) is 0 Å². The van der Waals surface area contributed by atoms with E-state index in [2.05, 4.69) is 22.1 Å². The van der Waals surface area contributed by atoms with Gasteiger partial charge in [-0.1, -0.05) is 29.3 Å². The van der Waals surface area contributed by atoms with Crippen LogP contribution in [0, 0.1) is 0 Å². The molecule has 1 heterocycles. The van der Waals surface area contributed by atoms with Crippen molar-refractivity contribution in [3.8, 4) is 0 Å². The van der Waals surface area contributed by atoms with Crippen LogP contribution in [0.15, 0.2) is 35.0 Å². The quantitative estimate of drug-likeness (QED) is 0.861. The smallest absolute Gasteiger partial charge is 0.0453 e. The highest BCUT2D eigenvalue weighted by molar-refractivity contribution is 7.07. The van der Waals surface area contributed by atoms with Crippen LogP contribution in [0.5, 0.6) is 0 Å². The Morgan fingerprint density at radius 1 is 1.17 bits per heavy atom. The molecule has 4 heteroatoms. The van der Waals surface area contributed by atoms with Gasteiger partial charge < -0.3 is 5.32 Å². The molecule has 96 valence electrons. The number of halogens is 2. The molecule has 0 amide bonds. The lowest BCUT2D eigenvalue weighted by atomic mass is 10.0. The fraction of sp³-hybridized carbons (Fsp3) is 0.286. The third kappa shape index (κ3) is 3.48. The molecule has 0 saturated heterocycles. The largest absolute Gasteiger partial charge is 0.316 e. The number of rotatable bonds is 5. The van der Waals surface area contributed by atoms with E-state index < -0.39 is 0 Å². The van der Waals surface area contributed by atoms with Crippen LogP contribution in [0.1, 0.15) is 11.1 Å². The molecule has 1 unspecified atom stereocenters. The number of hydrogen-bond acceptors (Lipinski definition) is 2. The highest BCUT2D eigenvalue weighted by atomic mass is 35.5. The van der Waals surface area contributed by atoms with E-state index in [-0.39, 0.29) is 0 Å². The zero-order valence-corrected chi connectivity index (χ0v) is 12.4. The summed E-state index contributed by atoms with van der Waals surface area (Å²) in [5.74, 6) is 0. The Balaban J connectivity index is 2.10. The minimum atomic E-state index is 0.344. The molecular weight excluding hydrogens is 285 g/mol. The van der Waals surface area contributed by atoms with Crippen LogP contribution in [-0.4, -0.2) is 13.1 Å². The van der Waals surface area contributed by atoms with Gasteiger partial charge in [0.25, 0.3) is 0 Å². The molecule has 0 radical (unpaired) electrons. The number of nitrogens with one attached hydrogen (secondary N) is 1. The fourth-order valence-corrected chi connectivity index (χ4v) is 3.18. The molecule has 1 atom stereocenters. The van der Waals surface area contributed by atoms with Crippen molar-refractivity contribution < 1.29 is 0 Å². The minimum absolute atomic E-state index is 0.344. The average Bonchev–Trinajstić information content (AvgIpc) is 2.85. The molecule has 0 bridgehead atoms. The monoisotopic (exact) mass is 299 g/mol. The standard InChI is InChI=1S/C14H15Cl2NS/c1-17-11(7-10-5-6-18-9-10)8-12-13(15)3-2-4-14(12)16/h2-6,9,11,17H,7-8H2,1H3. The third-order valence-electron chi connectivity index (χ3n) is 2.98. The Morgan fingerprint density at radius 3 is 2.44 bits per heavy atom. The van der Waals surface area contributed by atoms with Gasteiger partial charge in [0.1, 0.15) is 0 Å². The molecule has 0 fully saturated rings. The first-order valence-electron chi connectivity index (χ1n) is 5.82. The van der Waals surface area contributed by atoms with Gasteiger partial charge in [0.2, 0.25) is 0 Å². The number of likely N-dealkylation sites (N-methyl/N-ethyl adjacent to an activating group) is 1. The van der Waals surface area contributed by atoms with Crippen LogP contribution in [0.25, 0.3) is 0 Å². The lowest BCUT2D eigenvalue weighted by molar-refractivity contribution is 0.557. The van der Waals surface area contributed by atoms with Gasteiger partial charge in [-0.3, -0.25) is 0 Å². The van der Waals surface area contributed by atoms with Crippen molar-refractivity contribution in [1.82, 2.24) is 5.32 Å². The Labute approximate surface area is 122 Å². The van der Waals surface area contributed by atoms with Gasteiger partial charge in [-0.15, -0.1) is 0 Å². The van der Waals surface area contributed by atoms with Gasteiger partial charge in [-0.05, 0) is 60.0 Å². The summed E-state index contributed by atoms with van der Waals surface area (Å²) in [5.41, 5.74) is 2.37. The predicted octanol–water partition coefficient (Wildman–Crippen LogP) is 4.43. The first-order valence-corrected chi connectivity index (χ1v) is 7.52. The second-order valence-corrected chi connectivity index (χ2v) is 5.82. The third-order valence-corrected chi connectivity index (χ3v) is 4.42. The predicted molar refractivity (Wildman–Crippen MR) is 81.0 cm³/mol. The zero-order valence-electron chi connectivity index (χ0n) is 10.1. The lowest BCUT2D eigenvalue weighted by Crippen LogP contribution is -2.30. The van der Waals surface area contributed by atoms with Crippen molar-refractivity contribution >= 4 is 34.5 Å². The summed E-state index contributed by atoms with van der Waals surface area (Å²) in [6, 6.07) is 8.15. The Kier molecular flexibility index (Phi) is 5.07. The van der Waals surface area contributed by atoms with Crippen LogP contribution in [0.4, 0.5) is 0 Å². The van der Waals surface area contributed by atoms with Gasteiger partial charge in [0.05, 0.1) is 0 Å². The Hall–Kier alpha value is -0.540. The van der Waals surface area contributed by atoms with E-state index in [1.165, 1.54) is 5.56 Å². The van der Waals surface area contributed by atoms with E-state index in [0.717, 1.165) is 28.5 Å². The maximum absolute atomic E-state index is 6.20. The van der Waals surface area contributed by atoms with Gasteiger partial charge >= 0.3 is 0 Å². The molecule has 0 aliphatic carbocycles. The van der Waals surface area contributed by atoms with E-state index in [1.807, 2.05) is 25.2 Å². The van der Waals surface area contributed by atoms with Crippen molar-refractivity contribution in [2.24, 2.45) is 0 Å². The van der Waals surface area contributed by atoms with Gasteiger partial charge in [-0.25, -0.2) is 0 Å². The van der Waals surface area contributed by atoms with E-state index >= 15 is 0 Å². The van der Waals surface area contributed by atoms with Crippen molar-refractivity contribution in [3.05, 3.63) is 56.2 Å². The van der Waals surface area contributed by atoms with E-state index in [0.29, 0.717) is 6.04 Å². The first-order chi connectivity index (χ1) is 8.70. The van der Waals surface area contributed by atoms with Gasteiger partial charge in [-0.2, -0.15) is 11.3 Å². The summed E-state index contributed by atoms with van der Waals surface area (Å²) in [7, 11) is 1.97. The number of thiophene rings is 1. The van der Waals surface area contributed by atoms with Crippen LogP contribution in [0.2, 0.25) is 10.0 Å². The number of hydrogen-bond donors (Lipinski definition) is 1. The molecule has 0 spiro atoms. The van der Waals surface area contributed by atoms with E-state index in [4.69, 9.17) is 23.2 Å². The molecule has 1 N–H and O–H groups in total. The first kappa shape index (κ1) is 13.9. The van der Waals surface area contributed by atoms with Gasteiger partial charge in [0, 0.05) is 16.1 Å².